The van der Waals surface area contributed by atoms with Crippen molar-refractivity contribution in [2.24, 2.45) is 0 Å². The van der Waals surface area contributed by atoms with Gasteiger partial charge >= 0.3 is 5.97 Å². The molecule has 168 valence electrons. The van der Waals surface area contributed by atoms with Gasteiger partial charge in [-0.2, -0.15) is 0 Å². The molecule has 0 radical (unpaired) electrons. The van der Waals surface area contributed by atoms with Crippen molar-refractivity contribution in [3.05, 3.63) is 80.9 Å². The molecule has 0 spiro atoms. The number of pyridine rings is 1. The van der Waals surface area contributed by atoms with Crippen LogP contribution in [0.3, 0.4) is 0 Å². The van der Waals surface area contributed by atoms with Gasteiger partial charge in [0, 0.05) is 0 Å². The number of esters is 1. The number of amides is 3. The largest absolute Gasteiger partial charge is 0.467 e. The SMILES string of the molecule is Cc1nc(NC(=O)COC(=O)c2ccc3c(c2)C(=O)N(Cc2ccco2)C3=O)c(Cl)cc1Cl. The predicted octanol–water partition coefficient (Wildman–Crippen LogP) is 3.88. The average Bonchev–Trinajstić information content (AvgIpc) is 3.38. The van der Waals surface area contributed by atoms with E-state index in [0.717, 1.165) is 4.90 Å². The van der Waals surface area contributed by atoms with Crippen molar-refractivity contribution < 1.29 is 28.3 Å². The number of nitrogens with one attached hydrogen (secondary N) is 1. The molecule has 3 aromatic rings. The minimum atomic E-state index is -0.843. The predicted molar refractivity (Wildman–Crippen MR) is 117 cm³/mol. The lowest BCUT2D eigenvalue weighted by Crippen LogP contribution is -2.28. The summed E-state index contributed by atoms with van der Waals surface area (Å²) in [6.07, 6.45) is 1.44. The molecule has 0 unspecified atom stereocenters. The number of ether oxygens (including phenoxy) is 1. The van der Waals surface area contributed by atoms with Crippen molar-refractivity contribution >= 4 is 52.7 Å². The summed E-state index contributed by atoms with van der Waals surface area (Å²) in [7, 11) is 0. The summed E-state index contributed by atoms with van der Waals surface area (Å²) in [6.45, 7) is 0.997. The second kappa shape index (κ2) is 9.05. The number of nitrogens with zero attached hydrogens (tertiary/aromatic N) is 2. The highest BCUT2D eigenvalue weighted by Gasteiger charge is 2.36. The molecule has 0 saturated carbocycles. The van der Waals surface area contributed by atoms with Gasteiger partial charge < -0.3 is 14.5 Å². The molecule has 1 aliphatic rings. The molecule has 0 aliphatic carbocycles. The van der Waals surface area contributed by atoms with Crippen molar-refractivity contribution in [2.75, 3.05) is 11.9 Å². The van der Waals surface area contributed by atoms with Gasteiger partial charge in [0.2, 0.25) is 0 Å². The molecular formula is C22H15Cl2N3O6. The van der Waals surface area contributed by atoms with Gasteiger partial charge in [-0.15, -0.1) is 0 Å². The van der Waals surface area contributed by atoms with Gasteiger partial charge in [0.05, 0.1) is 45.2 Å². The zero-order chi connectivity index (χ0) is 23.7. The van der Waals surface area contributed by atoms with E-state index in [1.54, 1.807) is 19.1 Å². The van der Waals surface area contributed by atoms with E-state index in [1.807, 2.05) is 0 Å². The molecule has 1 aliphatic heterocycles. The number of furan rings is 1. The Kier molecular flexibility index (Phi) is 6.17. The maximum atomic E-state index is 12.7. The van der Waals surface area contributed by atoms with Gasteiger partial charge in [-0.25, -0.2) is 9.78 Å². The molecular weight excluding hydrogens is 473 g/mol. The second-order valence-corrected chi connectivity index (χ2v) is 7.86. The van der Waals surface area contributed by atoms with E-state index in [1.165, 1.54) is 30.5 Å². The van der Waals surface area contributed by atoms with Gasteiger partial charge in [0.1, 0.15) is 5.76 Å². The molecule has 1 N–H and O–H groups in total. The fourth-order valence-electron chi connectivity index (χ4n) is 3.15. The number of carbonyl (C=O) groups excluding carboxylic acids is 4. The summed E-state index contributed by atoms with van der Waals surface area (Å²) >= 11 is 11.9. The summed E-state index contributed by atoms with van der Waals surface area (Å²) in [5.74, 6) is -2.04. The molecule has 0 fully saturated rings. The lowest BCUT2D eigenvalue weighted by Gasteiger charge is -2.11. The van der Waals surface area contributed by atoms with E-state index in [2.05, 4.69) is 10.3 Å². The zero-order valence-electron chi connectivity index (χ0n) is 17.1. The molecule has 3 amide bonds. The summed E-state index contributed by atoms with van der Waals surface area (Å²) in [5.41, 5.74) is 0.714. The van der Waals surface area contributed by atoms with Gasteiger partial charge in [0.25, 0.3) is 17.7 Å². The summed E-state index contributed by atoms with van der Waals surface area (Å²) in [4.78, 5) is 54.9. The number of benzene rings is 1. The zero-order valence-corrected chi connectivity index (χ0v) is 18.6. The standard InChI is InChI=1S/C22H15Cl2N3O6/c1-11-16(23)8-17(24)19(25-11)26-18(28)10-33-22(31)12-4-5-14-15(7-12)21(30)27(20(14)29)9-13-3-2-6-32-13/h2-8H,9-10H2,1H3,(H,25,26,28). The molecule has 1 aromatic carbocycles. The van der Waals surface area contributed by atoms with E-state index in [-0.39, 0.29) is 34.1 Å². The maximum Gasteiger partial charge on any atom is 0.338 e. The second-order valence-electron chi connectivity index (χ2n) is 7.05. The smallest absolute Gasteiger partial charge is 0.338 e. The van der Waals surface area contributed by atoms with E-state index >= 15 is 0 Å². The minimum absolute atomic E-state index is 0.0149. The number of aryl methyl sites for hydroxylation is 1. The number of imide groups is 1. The summed E-state index contributed by atoms with van der Waals surface area (Å²) in [6, 6.07) is 8.71. The fourth-order valence-corrected chi connectivity index (χ4v) is 3.55. The lowest BCUT2D eigenvalue weighted by atomic mass is 10.1. The van der Waals surface area contributed by atoms with Gasteiger partial charge in [-0.1, -0.05) is 23.2 Å². The van der Waals surface area contributed by atoms with Crippen LogP contribution >= 0.6 is 23.2 Å². The quantitative estimate of drug-likeness (QED) is 0.413. The number of rotatable bonds is 6. The van der Waals surface area contributed by atoms with Gasteiger partial charge in [-0.05, 0) is 43.3 Å². The van der Waals surface area contributed by atoms with Crippen molar-refractivity contribution in [3.63, 3.8) is 0 Å². The highest BCUT2D eigenvalue weighted by molar-refractivity contribution is 6.36. The van der Waals surface area contributed by atoms with Crippen LogP contribution in [0.5, 0.6) is 0 Å². The number of hydrogen-bond donors (Lipinski definition) is 1. The lowest BCUT2D eigenvalue weighted by molar-refractivity contribution is -0.119. The number of halogens is 2. The van der Waals surface area contributed by atoms with E-state index in [9.17, 15) is 19.2 Å². The van der Waals surface area contributed by atoms with E-state index in [0.29, 0.717) is 16.5 Å². The Morgan fingerprint density at radius 3 is 2.58 bits per heavy atom. The molecule has 0 bridgehead atoms. The Morgan fingerprint density at radius 1 is 1.09 bits per heavy atom. The van der Waals surface area contributed by atoms with Crippen molar-refractivity contribution in [1.29, 1.82) is 0 Å². The first kappa shape index (κ1) is 22.5. The number of fused-ring (bicyclic) bond motifs is 1. The average molecular weight is 488 g/mol. The minimum Gasteiger partial charge on any atom is -0.467 e. The molecule has 3 heterocycles. The number of aromatic nitrogens is 1. The van der Waals surface area contributed by atoms with Gasteiger partial charge in [0.15, 0.2) is 12.4 Å². The molecule has 11 heteroatoms. The molecule has 2 aromatic heterocycles. The Bertz CT molecular complexity index is 1290. The molecule has 0 atom stereocenters. The molecule has 9 nitrogen and oxygen atoms in total. The van der Waals surface area contributed by atoms with Crippen LogP contribution in [0.25, 0.3) is 0 Å². The normalized spacial score (nSPS) is 12.6. The van der Waals surface area contributed by atoms with Crippen molar-refractivity contribution in [1.82, 2.24) is 9.88 Å². The fraction of sp³-hybridized carbons (Fsp3) is 0.136. The molecule has 0 saturated heterocycles. The van der Waals surface area contributed by atoms with Crippen LogP contribution in [-0.2, 0) is 16.1 Å². The number of anilines is 1. The Balaban J connectivity index is 1.41. The van der Waals surface area contributed by atoms with Crippen LogP contribution in [0.2, 0.25) is 10.0 Å². The first-order chi connectivity index (χ1) is 15.7. The summed E-state index contributed by atoms with van der Waals surface area (Å²) in [5, 5.41) is 2.91. The topological polar surface area (TPSA) is 119 Å². The molecule has 4 rings (SSSR count). The first-order valence-corrected chi connectivity index (χ1v) is 10.3. The Morgan fingerprint density at radius 2 is 1.85 bits per heavy atom. The Labute approximate surface area is 197 Å². The third kappa shape index (κ3) is 4.59. The van der Waals surface area contributed by atoms with Crippen LogP contribution in [0.4, 0.5) is 5.82 Å². The van der Waals surface area contributed by atoms with Crippen molar-refractivity contribution in [3.8, 4) is 0 Å². The van der Waals surface area contributed by atoms with E-state index < -0.39 is 30.3 Å². The number of carbonyl (C=O) groups is 4. The molecule has 33 heavy (non-hydrogen) atoms. The van der Waals surface area contributed by atoms with Crippen LogP contribution < -0.4 is 5.32 Å². The highest BCUT2D eigenvalue weighted by atomic mass is 35.5. The Hall–Kier alpha value is -3.69. The number of hydrogen-bond acceptors (Lipinski definition) is 7. The van der Waals surface area contributed by atoms with Crippen LogP contribution in [-0.4, -0.2) is 40.2 Å². The first-order valence-electron chi connectivity index (χ1n) is 9.57. The van der Waals surface area contributed by atoms with Crippen LogP contribution in [0, 0.1) is 6.92 Å². The third-order valence-electron chi connectivity index (χ3n) is 4.80. The van der Waals surface area contributed by atoms with Crippen LogP contribution in [0.15, 0.2) is 47.1 Å². The van der Waals surface area contributed by atoms with Crippen molar-refractivity contribution in [2.45, 2.75) is 13.5 Å². The van der Waals surface area contributed by atoms with Gasteiger partial charge in [-0.3, -0.25) is 19.3 Å². The summed E-state index contributed by atoms with van der Waals surface area (Å²) < 4.78 is 10.2. The maximum absolute atomic E-state index is 12.7. The highest BCUT2D eigenvalue weighted by Crippen LogP contribution is 2.27. The van der Waals surface area contributed by atoms with E-state index in [4.69, 9.17) is 32.4 Å². The van der Waals surface area contributed by atoms with Crippen LogP contribution in [0.1, 0.15) is 42.5 Å². The monoisotopic (exact) mass is 487 g/mol. The third-order valence-corrected chi connectivity index (χ3v) is 5.47.